The van der Waals surface area contributed by atoms with Crippen LogP contribution in [0.5, 0.6) is 0 Å². The largest absolute Gasteiger partial charge is 0.444 e. The van der Waals surface area contributed by atoms with E-state index in [9.17, 15) is 4.79 Å². The number of rotatable bonds is 3. The number of hydrogen-bond acceptors (Lipinski definition) is 4. The molecule has 0 saturated carbocycles. The maximum Gasteiger partial charge on any atom is 0.410 e. The van der Waals surface area contributed by atoms with Crippen molar-refractivity contribution in [2.75, 3.05) is 11.9 Å². The van der Waals surface area contributed by atoms with E-state index >= 15 is 0 Å². The summed E-state index contributed by atoms with van der Waals surface area (Å²) in [6, 6.07) is 12.4. The van der Waals surface area contributed by atoms with Gasteiger partial charge in [-0.2, -0.15) is 5.10 Å². The lowest BCUT2D eigenvalue weighted by Gasteiger charge is -2.40. The molecular weight excluding hydrogens is 328 g/mol. The number of hydrogen-bond donors (Lipinski definition) is 1. The predicted molar refractivity (Wildman–Crippen MR) is 102 cm³/mol. The number of nitrogens with one attached hydrogen (secondary N) is 1. The Morgan fingerprint density at radius 2 is 1.96 bits per heavy atom. The Balaban J connectivity index is 1.77. The molecule has 6 heteroatoms. The van der Waals surface area contributed by atoms with Crippen molar-refractivity contribution in [3.8, 4) is 0 Å². The standard InChI is InChI=1S/C20H28N4O2/c1-20(2,3)26-19(25)24-13-10-16(21-18-11-12-23(4)22-18)14-17(24)15-8-6-5-7-9-15/h5-9,11-12,16-17H,10,13-14H2,1-4H3,(H,21,22)/t16-,17-/m0/s1. The normalized spacial score (nSPS) is 20.7. The van der Waals surface area contributed by atoms with E-state index in [1.165, 1.54) is 0 Å². The second-order valence-corrected chi connectivity index (χ2v) is 7.84. The first-order valence-corrected chi connectivity index (χ1v) is 9.12. The number of aromatic nitrogens is 2. The number of anilines is 1. The van der Waals surface area contributed by atoms with E-state index in [1.54, 1.807) is 4.68 Å². The number of carbonyl (C=O) groups excluding carboxylic acids is 1. The van der Waals surface area contributed by atoms with Crippen molar-refractivity contribution in [2.45, 2.75) is 51.3 Å². The molecule has 1 amide bonds. The second kappa shape index (κ2) is 7.40. The van der Waals surface area contributed by atoms with Crippen molar-refractivity contribution < 1.29 is 9.53 Å². The van der Waals surface area contributed by atoms with Crippen molar-refractivity contribution in [2.24, 2.45) is 7.05 Å². The Morgan fingerprint density at radius 1 is 1.23 bits per heavy atom. The monoisotopic (exact) mass is 356 g/mol. The second-order valence-electron chi connectivity index (χ2n) is 7.84. The lowest BCUT2D eigenvalue weighted by Crippen LogP contribution is -2.46. The Hall–Kier alpha value is -2.50. The molecule has 2 aromatic rings. The van der Waals surface area contributed by atoms with Gasteiger partial charge in [0.1, 0.15) is 11.4 Å². The van der Waals surface area contributed by atoms with Gasteiger partial charge in [-0.3, -0.25) is 4.68 Å². The topological polar surface area (TPSA) is 59.4 Å². The highest BCUT2D eigenvalue weighted by Gasteiger charge is 2.35. The molecule has 1 aliphatic rings. The molecule has 2 heterocycles. The van der Waals surface area contributed by atoms with Gasteiger partial charge in [0.2, 0.25) is 0 Å². The molecule has 3 rings (SSSR count). The van der Waals surface area contributed by atoms with Gasteiger partial charge in [-0.15, -0.1) is 0 Å². The summed E-state index contributed by atoms with van der Waals surface area (Å²) in [6.07, 6.45) is 3.36. The summed E-state index contributed by atoms with van der Waals surface area (Å²) in [5.74, 6) is 0.870. The maximum atomic E-state index is 12.7. The fourth-order valence-corrected chi connectivity index (χ4v) is 3.33. The molecule has 0 spiro atoms. The summed E-state index contributed by atoms with van der Waals surface area (Å²) < 4.78 is 7.42. The minimum absolute atomic E-state index is 0.0130. The lowest BCUT2D eigenvalue weighted by atomic mass is 9.92. The van der Waals surface area contributed by atoms with Crippen LogP contribution in [0.15, 0.2) is 42.6 Å². The fraction of sp³-hybridized carbons (Fsp3) is 0.500. The van der Waals surface area contributed by atoms with Crippen LogP contribution < -0.4 is 5.32 Å². The Bertz CT molecular complexity index is 736. The SMILES string of the molecule is Cn1ccc(N[C@H]2CCN(C(=O)OC(C)(C)C)[C@H](c3ccccc3)C2)n1. The van der Waals surface area contributed by atoms with Crippen molar-refractivity contribution in [1.82, 2.24) is 14.7 Å². The number of likely N-dealkylation sites (tertiary alicyclic amines) is 1. The molecule has 0 bridgehead atoms. The Labute approximate surface area is 155 Å². The molecule has 6 nitrogen and oxygen atoms in total. The molecule has 1 aromatic carbocycles. The quantitative estimate of drug-likeness (QED) is 0.904. The highest BCUT2D eigenvalue weighted by Crippen LogP contribution is 2.33. The van der Waals surface area contributed by atoms with E-state index < -0.39 is 5.60 Å². The molecule has 1 saturated heterocycles. The van der Waals surface area contributed by atoms with Crippen molar-refractivity contribution >= 4 is 11.9 Å². The third-order valence-electron chi connectivity index (χ3n) is 4.48. The summed E-state index contributed by atoms with van der Waals surface area (Å²) >= 11 is 0. The average molecular weight is 356 g/mol. The number of benzene rings is 1. The van der Waals surface area contributed by atoms with Gasteiger partial charge in [0.25, 0.3) is 0 Å². The molecule has 1 fully saturated rings. The van der Waals surface area contributed by atoms with Gasteiger partial charge in [-0.05, 0) is 39.2 Å². The van der Waals surface area contributed by atoms with Crippen LogP contribution in [0.1, 0.15) is 45.2 Å². The first-order valence-electron chi connectivity index (χ1n) is 9.12. The molecule has 26 heavy (non-hydrogen) atoms. The Kier molecular flexibility index (Phi) is 5.20. The first kappa shape index (κ1) is 18.3. The molecule has 0 radical (unpaired) electrons. The van der Waals surface area contributed by atoms with Crippen LogP contribution in [0.2, 0.25) is 0 Å². The summed E-state index contributed by atoms with van der Waals surface area (Å²) in [4.78, 5) is 14.6. The molecule has 140 valence electrons. The van der Waals surface area contributed by atoms with Gasteiger partial charge in [0.05, 0.1) is 6.04 Å². The average Bonchev–Trinajstić information content (AvgIpc) is 2.99. The van der Waals surface area contributed by atoms with Gasteiger partial charge in [0.15, 0.2) is 0 Å². The number of nitrogens with zero attached hydrogens (tertiary/aromatic N) is 3. The van der Waals surface area contributed by atoms with Crippen molar-refractivity contribution in [3.05, 3.63) is 48.2 Å². The van der Waals surface area contributed by atoms with Crippen LogP contribution in [-0.4, -0.2) is 39.0 Å². The summed E-state index contributed by atoms with van der Waals surface area (Å²) in [5, 5.41) is 7.90. The van der Waals surface area contributed by atoms with Gasteiger partial charge in [0, 0.05) is 31.9 Å². The number of carbonyl (C=O) groups is 1. The first-order chi connectivity index (χ1) is 12.3. The zero-order valence-corrected chi connectivity index (χ0v) is 16.0. The van der Waals surface area contributed by atoms with E-state index in [-0.39, 0.29) is 18.2 Å². The molecule has 1 aromatic heterocycles. The van der Waals surface area contributed by atoms with E-state index in [0.717, 1.165) is 24.2 Å². The lowest BCUT2D eigenvalue weighted by molar-refractivity contribution is 0.00856. The summed E-state index contributed by atoms with van der Waals surface area (Å²) in [6.45, 7) is 6.35. The molecule has 0 aliphatic carbocycles. The molecular formula is C20H28N4O2. The number of ether oxygens (including phenoxy) is 1. The minimum Gasteiger partial charge on any atom is -0.444 e. The van der Waals surface area contributed by atoms with Gasteiger partial charge in [-0.1, -0.05) is 30.3 Å². The molecule has 1 aliphatic heterocycles. The third-order valence-corrected chi connectivity index (χ3v) is 4.48. The summed E-state index contributed by atoms with van der Waals surface area (Å²) in [7, 11) is 1.91. The van der Waals surface area contributed by atoms with Crippen LogP contribution in [0.3, 0.4) is 0 Å². The summed E-state index contributed by atoms with van der Waals surface area (Å²) in [5.41, 5.74) is 0.632. The molecule has 0 unspecified atom stereocenters. The zero-order valence-electron chi connectivity index (χ0n) is 16.0. The predicted octanol–water partition coefficient (Wildman–Crippen LogP) is 3.97. The third kappa shape index (κ3) is 4.56. The van der Waals surface area contributed by atoms with Crippen LogP contribution in [0, 0.1) is 0 Å². The highest BCUT2D eigenvalue weighted by molar-refractivity contribution is 5.69. The van der Waals surface area contributed by atoms with E-state index in [2.05, 4.69) is 22.5 Å². The number of aryl methyl sites for hydroxylation is 1. The van der Waals surface area contributed by atoms with Crippen LogP contribution in [0.25, 0.3) is 0 Å². The van der Waals surface area contributed by atoms with E-state index in [0.29, 0.717) is 6.54 Å². The zero-order chi connectivity index (χ0) is 18.7. The van der Waals surface area contributed by atoms with Gasteiger partial charge < -0.3 is 15.0 Å². The minimum atomic E-state index is -0.499. The number of piperidine rings is 1. The maximum absolute atomic E-state index is 12.7. The van der Waals surface area contributed by atoms with E-state index in [1.807, 2.05) is 63.2 Å². The Morgan fingerprint density at radius 3 is 2.58 bits per heavy atom. The van der Waals surface area contributed by atoms with Crippen molar-refractivity contribution in [3.63, 3.8) is 0 Å². The van der Waals surface area contributed by atoms with E-state index in [4.69, 9.17) is 4.74 Å². The smallest absolute Gasteiger partial charge is 0.410 e. The van der Waals surface area contributed by atoms with Crippen molar-refractivity contribution in [1.29, 1.82) is 0 Å². The van der Waals surface area contributed by atoms with Crippen LogP contribution in [-0.2, 0) is 11.8 Å². The fourth-order valence-electron chi connectivity index (χ4n) is 3.33. The van der Waals surface area contributed by atoms with Gasteiger partial charge in [-0.25, -0.2) is 4.79 Å². The highest BCUT2D eigenvalue weighted by atomic mass is 16.6. The van der Waals surface area contributed by atoms with Crippen LogP contribution >= 0.6 is 0 Å². The number of amides is 1. The molecule has 2 atom stereocenters. The molecule has 1 N–H and O–H groups in total. The van der Waals surface area contributed by atoms with Crippen LogP contribution in [0.4, 0.5) is 10.6 Å². The van der Waals surface area contributed by atoms with Gasteiger partial charge >= 0.3 is 6.09 Å².